The number of alkyl halides is 1. The number of amides is 2. The normalized spacial score (nSPS) is 42.8. The molecule has 4 nitrogen and oxygen atoms in total. The maximum atomic E-state index is 13.7. The van der Waals surface area contributed by atoms with Gasteiger partial charge in [0, 0.05) is 11.5 Å². The van der Waals surface area contributed by atoms with E-state index in [1.807, 2.05) is 0 Å². The standard InChI is InChI=1S/C23H28ClFN2O2/c24-18-2-1-7-23(18,16-3-5-17(25)6-4-16)21(29)27-19-14-8-13-9-15(19)12-22(10-13,11-14)20(26)28/h3-6,13-15,18-19H,1-2,7-12H2,(H2,26,28)(H,27,29). The summed E-state index contributed by atoms with van der Waals surface area (Å²) >= 11 is 6.72. The summed E-state index contributed by atoms with van der Waals surface area (Å²) in [6.45, 7) is 0. The van der Waals surface area contributed by atoms with Crippen LogP contribution in [0.2, 0.25) is 0 Å². The molecule has 3 N–H and O–H groups in total. The fraction of sp³-hybridized carbons (Fsp3) is 0.652. The van der Waals surface area contributed by atoms with Crippen LogP contribution in [0, 0.1) is 29.0 Å². The summed E-state index contributed by atoms with van der Waals surface area (Å²) in [5, 5.41) is 3.07. The zero-order valence-corrected chi connectivity index (χ0v) is 17.3. The highest BCUT2D eigenvalue weighted by Crippen LogP contribution is 2.60. The molecule has 4 atom stereocenters. The van der Waals surface area contributed by atoms with E-state index in [4.69, 9.17) is 17.3 Å². The average molecular weight is 419 g/mol. The van der Waals surface area contributed by atoms with Crippen LogP contribution >= 0.6 is 11.6 Å². The molecule has 156 valence electrons. The van der Waals surface area contributed by atoms with Crippen molar-refractivity contribution in [2.24, 2.45) is 28.9 Å². The molecule has 4 bridgehead atoms. The van der Waals surface area contributed by atoms with Gasteiger partial charge in [-0.3, -0.25) is 9.59 Å². The topological polar surface area (TPSA) is 72.2 Å². The molecule has 5 fully saturated rings. The number of primary amides is 1. The Morgan fingerprint density at radius 3 is 2.31 bits per heavy atom. The predicted molar refractivity (Wildman–Crippen MR) is 109 cm³/mol. The Balaban J connectivity index is 1.42. The van der Waals surface area contributed by atoms with E-state index in [9.17, 15) is 14.0 Å². The van der Waals surface area contributed by atoms with Crippen LogP contribution in [0.5, 0.6) is 0 Å². The molecule has 0 radical (unpaired) electrons. The summed E-state index contributed by atoms with van der Waals surface area (Å²) in [7, 11) is 0. The van der Waals surface area contributed by atoms with Gasteiger partial charge in [-0.05, 0) is 80.4 Å². The number of rotatable bonds is 4. The number of benzene rings is 1. The Bertz CT molecular complexity index is 828. The van der Waals surface area contributed by atoms with E-state index >= 15 is 0 Å². The van der Waals surface area contributed by atoms with Crippen molar-refractivity contribution in [1.29, 1.82) is 0 Å². The molecule has 4 unspecified atom stereocenters. The molecule has 5 aliphatic rings. The molecule has 6 rings (SSSR count). The van der Waals surface area contributed by atoms with Gasteiger partial charge in [-0.15, -0.1) is 11.6 Å². The van der Waals surface area contributed by atoms with E-state index in [0.717, 1.165) is 50.5 Å². The molecule has 1 aromatic rings. The first-order valence-electron chi connectivity index (χ1n) is 10.8. The number of hydrogen-bond acceptors (Lipinski definition) is 2. The number of nitrogens with one attached hydrogen (secondary N) is 1. The Morgan fingerprint density at radius 2 is 1.76 bits per heavy atom. The molecule has 0 spiro atoms. The fourth-order valence-electron chi connectivity index (χ4n) is 7.26. The molecule has 0 aliphatic heterocycles. The number of nitrogens with two attached hydrogens (primary N) is 1. The average Bonchev–Trinajstić information content (AvgIpc) is 3.07. The molecule has 5 aliphatic carbocycles. The van der Waals surface area contributed by atoms with Gasteiger partial charge >= 0.3 is 0 Å². The molecule has 0 heterocycles. The third kappa shape index (κ3) is 2.83. The van der Waals surface area contributed by atoms with Gasteiger partial charge in [-0.2, -0.15) is 0 Å². The minimum absolute atomic E-state index is 0.0350. The van der Waals surface area contributed by atoms with Gasteiger partial charge < -0.3 is 11.1 Å². The van der Waals surface area contributed by atoms with Crippen LogP contribution in [-0.2, 0) is 15.0 Å². The summed E-state index contributed by atoms with van der Waals surface area (Å²) in [5.74, 6) is 0.641. The lowest BCUT2D eigenvalue weighted by molar-refractivity contribution is -0.148. The molecule has 0 aromatic heterocycles. The summed E-state index contributed by atoms with van der Waals surface area (Å²) in [5.41, 5.74) is 5.41. The van der Waals surface area contributed by atoms with Crippen LogP contribution in [0.15, 0.2) is 24.3 Å². The van der Waals surface area contributed by atoms with Crippen molar-refractivity contribution in [2.45, 2.75) is 68.2 Å². The van der Waals surface area contributed by atoms with Crippen LogP contribution in [0.25, 0.3) is 0 Å². The highest BCUT2D eigenvalue weighted by atomic mass is 35.5. The Labute approximate surface area is 175 Å². The van der Waals surface area contributed by atoms with Crippen LogP contribution in [0.3, 0.4) is 0 Å². The molecule has 29 heavy (non-hydrogen) atoms. The third-order valence-electron chi connectivity index (χ3n) is 8.42. The number of hydrogen-bond donors (Lipinski definition) is 2. The smallest absolute Gasteiger partial charge is 0.232 e. The van der Waals surface area contributed by atoms with Gasteiger partial charge in [-0.25, -0.2) is 4.39 Å². The lowest BCUT2D eigenvalue weighted by Gasteiger charge is -2.59. The third-order valence-corrected chi connectivity index (χ3v) is 9.01. The number of carbonyl (C=O) groups is 2. The van der Waals surface area contributed by atoms with E-state index in [1.165, 1.54) is 12.1 Å². The van der Waals surface area contributed by atoms with Crippen molar-refractivity contribution in [1.82, 2.24) is 5.32 Å². The highest BCUT2D eigenvalue weighted by Gasteiger charge is 2.59. The van der Waals surface area contributed by atoms with Crippen LogP contribution < -0.4 is 11.1 Å². The quantitative estimate of drug-likeness (QED) is 0.732. The zero-order valence-electron chi connectivity index (χ0n) is 16.5. The second-order valence-electron chi connectivity index (χ2n) is 9.95. The molecular formula is C23H28ClFN2O2. The van der Waals surface area contributed by atoms with Gasteiger partial charge in [0.25, 0.3) is 0 Å². The SMILES string of the molecule is NC(=O)C12CC3CC(C1)C(NC(=O)C1(c4ccc(F)cc4)CCCC1Cl)C(C3)C2. The summed E-state index contributed by atoms with van der Waals surface area (Å²) in [6.07, 6.45) is 6.94. The fourth-order valence-corrected chi connectivity index (χ4v) is 7.75. The lowest BCUT2D eigenvalue weighted by Crippen LogP contribution is -2.64. The predicted octanol–water partition coefficient (Wildman–Crippen LogP) is 3.65. The second-order valence-corrected chi connectivity index (χ2v) is 10.5. The Kier molecular flexibility index (Phi) is 4.47. The molecule has 6 heteroatoms. The van der Waals surface area contributed by atoms with E-state index in [-0.39, 0.29) is 34.5 Å². The van der Waals surface area contributed by atoms with E-state index in [2.05, 4.69) is 5.32 Å². The van der Waals surface area contributed by atoms with Crippen molar-refractivity contribution in [3.05, 3.63) is 35.6 Å². The Morgan fingerprint density at radius 1 is 1.10 bits per heavy atom. The van der Waals surface area contributed by atoms with Crippen molar-refractivity contribution in [2.75, 3.05) is 0 Å². The maximum Gasteiger partial charge on any atom is 0.232 e. The largest absolute Gasteiger partial charge is 0.369 e. The molecule has 2 amide bonds. The zero-order chi connectivity index (χ0) is 20.4. The lowest BCUT2D eigenvalue weighted by atomic mass is 9.47. The monoisotopic (exact) mass is 418 g/mol. The van der Waals surface area contributed by atoms with Crippen molar-refractivity contribution in [3.63, 3.8) is 0 Å². The summed E-state index contributed by atoms with van der Waals surface area (Å²) in [6, 6.07) is 6.30. The van der Waals surface area contributed by atoms with Crippen LogP contribution in [0.1, 0.15) is 56.9 Å². The van der Waals surface area contributed by atoms with E-state index < -0.39 is 5.41 Å². The number of halogens is 2. The van der Waals surface area contributed by atoms with Gasteiger partial charge in [-0.1, -0.05) is 18.6 Å². The minimum Gasteiger partial charge on any atom is -0.369 e. The van der Waals surface area contributed by atoms with Gasteiger partial charge in [0.2, 0.25) is 11.8 Å². The summed E-state index contributed by atoms with van der Waals surface area (Å²) < 4.78 is 13.5. The first-order chi connectivity index (χ1) is 13.8. The molecule has 1 aromatic carbocycles. The Hall–Kier alpha value is -1.62. The second kappa shape index (κ2) is 6.69. The van der Waals surface area contributed by atoms with Crippen LogP contribution in [0.4, 0.5) is 4.39 Å². The molecule has 0 saturated heterocycles. The van der Waals surface area contributed by atoms with Crippen molar-refractivity contribution >= 4 is 23.4 Å². The molecule has 5 saturated carbocycles. The van der Waals surface area contributed by atoms with Gasteiger partial charge in [0.1, 0.15) is 5.82 Å². The minimum atomic E-state index is -0.814. The highest BCUT2D eigenvalue weighted by molar-refractivity contribution is 6.24. The van der Waals surface area contributed by atoms with Crippen LogP contribution in [-0.4, -0.2) is 23.2 Å². The van der Waals surface area contributed by atoms with E-state index in [1.54, 1.807) is 12.1 Å². The van der Waals surface area contributed by atoms with Gasteiger partial charge in [0.15, 0.2) is 0 Å². The summed E-state index contributed by atoms with van der Waals surface area (Å²) in [4.78, 5) is 25.9. The van der Waals surface area contributed by atoms with Crippen molar-refractivity contribution in [3.8, 4) is 0 Å². The number of carbonyl (C=O) groups excluding carboxylic acids is 2. The van der Waals surface area contributed by atoms with E-state index in [0.29, 0.717) is 24.2 Å². The van der Waals surface area contributed by atoms with Gasteiger partial charge in [0.05, 0.1) is 10.8 Å². The first kappa shape index (κ1) is 19.3. The maximum absolute atomic E-state index is 13.7. The van der Waals surface area contributed by atoms with Crippen molar-refractivity contribution < 1.29 is 14.0 Å². The molecular weight excluding hydrogens is 391 g/mol. The first-order valence-corrected chi connectivity index (χ1v) is 11.3.